The van der Waals surface area contributed by atoms with Gasteiger partial charge in [0.1, 0.15) is 11.3 Å². The third-order valence-electron chi connectivity index (χ3n) is 6.53. The number of amides is 1. The van der Waals surface area contributed by atoms with Gasteiger partial charge in [0.05, 0.1) is 17.9 Å². The van der Waals surface area contributed by atoms with Gasteiger partial charge in [-0.15, -0.1) is 5.10 Å². The minimum Gasteiger partial charge on any atom is -0.350 e. The van der Waals surface area contributed by atoms with Crippen molar-refractivity contribution in [3.05, 3.63) is 48.7 Å². The fourth-order valence-corrected chi connectivity index (χ4v) is 4.51. The highest BCUT2D eigenvalue weighted by molar-refractivity contribution is 5.93. The standard InChI is InChI=1S/C23H25N7O/c1-15(16-4-5-16)26-23-25-12-19-18(8-11-30(19)27-23)17-6-7-21-24-13-20(29(21)14-17)22(31)28-9-2-3-10-28/h6-8,11-16H,2-5,9-10H2,1H3,(H,26,27)/t15-/m0/s1. The van der Waals surface area contributed by atoms with Crippen molar-refractivity contribution in [2.24, 2.45) is 5.92 Å². The van der Waals surface area contributed by atoms with E-state index < -0.39 is 0 Å². The van der Waals surface area contributed by atoms with Crippen molar-refractivity contribution >= 4 is 23.0 Å². The maximum atomic E-state index is 12.9. The summed E-state index contributed by atoms with van der Waals surface area (Å²) in [4.78, 5) is 23.8. The second-order valence-corrected chi connectivity index (χ2v) is 8.70. The number of nitrogens with one attached hydrogen (secondary N) is 1. The quantitative estimate of drug-likeness (QED) is 0.540. The third kappa shape index (κ3) is 3.22. The number of carbonyl (C=O) groups is 1. The number of carbonyl (C=O) groups excluding carboxylic acids is 1. The molecule has 0 spiro atoms. The molecule has 1 saturated carbocycles. The molecule has 0 radical (unpaired) electrons. The third-order valence-corrected chi connectivity index (χ3v) is 6.53. The Morgan fingerprint density at radius 2 is 1.97 bits per heavy atom. The molecule has 1 saturated heterocycles. The summed E-state index contributed by atoms with van der Waals surface area (Å²) in [5.74, 6) is 1.43. The molecule has 1 aliphatic carbocycles. The molecule has 0 aromatic carbocycles. The Kier molecular flexibility index (Phi) is 4.19. The summed E-state index contributed by atoms with van der Waals surface area (Å²) >= 11 is 0. The van der Waals surface area contributed by atoms with Crippen molar-refractivity contribution in [3.63, 3.8) is 0 Å². The second kappa shape index (κ2) is 7.08. The fraction of sp³-hybridized carbons (Fsp3) is 0.391. The minimum atomic E-state index is 0.0488. The van der Waals surface area contributed by atoms with Crippen LogP contribution in [0.4, 0.5) is 5.95 Å². The fourth-order valence-electron chi connectivity index (χ4n) is 4.51. The van der Waals surface area contributed by atoms with Crippen LogP contribution in [0, 0.1) is 5.92 Å². The van der Waals surface area contributed by atoms with Gasteiger partial charge in [-0.2, -0.15) is 0 Å². The van der Waals surface area contributed by atoms with Gasteiger partial charge in [-0.3, -0.25) is 9.20 Å². The van der Waals surface area contributed by atoms with Gasteiger partial charge in [0.25, 0.3) is 5.91 Å². The van der Waals surface area contributed by atoms with Crippen LogP contribution in [0.3, 0.4) is 0 Å². The van der Waals surface area contributed by atoms with E-state index in [0.717, 1.165) is 54.1 Å². The maximum absolute atomic E-state index is 12.9. The van der Waals surface area contributed by atoms with Gasteiger partial charge in [-0.25, -0.2) is 14.5 Å². The van der Waals surface area contributed by atoms with Crippen LogP contribution in [-0.2, 0) is 0 Å². The normalized spacial score (nSPS) is 17.5. The van der Waals surface area contributed by atoms with Gasteiger partial charge in [0.15, 0.2) is 0 Å². The molecule has 31 heavy (non-hydrogen) atoms. The van der Waals surface area contributed by atoms with Crippen LogP contribution in [0.15, 0.2) is 43.0 Å². The number of fused-ring (bicyclic) bond motifs is 2. The second-order valence-electron chi connectivity index (χ2n) is 8.70. The van der Waals surface area contributed by atoms with Crippen molar-refractivity contribution < 1.29 is 4.79 Å². The van der Waals surface area contributed by atoms with Crippen LogP contribution in [-0.4, -0.2) is 53.9 Å². The molecule has 0 unspecified atom stereocenters. The predicted molar refractivity (Wildman–Crippen MR) is 118 cm³/mol. The molecular formula is C23H25N7O. The van der Waals surface area contributed by atoms with Crippen LogP contribution in [0.25, 0.3) is 22.3 Å². The van der Waals surface area contributed by atoms with Crippen LogP contribution < -0.4 is 5.32 Å². The Morgan fingerprint density at radius 1 is 1.13 bits per heavy atom. The first-order valence-electron chi connectivity index (χ1n) is 11.0. The molecule has 0 bridgehead atoms. The summed E-state index contributed by atoms with van der Waals surface area (Å²) in [6, 6.07) is 6.41. The largest absolute Gasteiger partial charge is 0.350 e. The molecule has 1 aliphatic heterocycles. The molecule has 1 N–H and O–H groups in total. The van der Waals surface area contributed by atoms with E-state index in [2.05, 4.69) is 27.3 Å². The highest BCUT2D eigenvalue weighted by atomic mass is 16.2. The molecule has 5 heterocycles. The number of hydrogen-bond donors (Lipinski definition) is 1. The number of rotatable bonds is 5. The average Bonchev–Trinajstić information content (AvgIpc) is 3.17. The van der Waals surface area contributed by atoms with Crippen LogP contribution >= 0.6 is 0 Å². The molecule has 8 heteroatoms. The summed E-state index contributed by atoms with van der Waals surface area (Å²) in [6.07, 6.45) is 12.2. The monoisotopic (exact) mass is 415 g/mol. The molecular weight excluding hydrogens is 390 g/mol. The molecule has 2 fully saturated rings. The van der Waals surface area contributed by atoms with Gasteiger partial charge in [-0.05, 0) is 56.7 Å². The Morgan fingerprint density at radius 3 is 2.77 bits per heavy atom. The van der Waals surface area contributed by atoms with Crippen LogP contribution in [0.2, 0.25) is 0 Å². The minimum absolute atomic E-state index is 0.0488. The van der Waals surface area contributed by atoms with Gasteiger partial charge in [0.2, 0.25) is 5.95 Å². The lowest BCUT2D eigenvalue weighted by Crippen LogP contribution is -2.28. The van der Waals surface area contributed by atoms with E-state index in [0.29, 0.717) is 17.7 Å². The van der Waals surface area contributed by atoms with E-state index in [4.69, 9.17) is 0 Å². The molecule has 6 rings (SSSR count). The summed E-state index contributed by atoms with van der Waals surface area (Å²) in [5, 5.41) is 8.05. The Bertz CT molecular complexity index is 1280. The van der Waals surface area contributed by atoms with Crippen molar-refractivity contribution in [2.45, 2.75) is 38.6 Å². The number of pyridine rings is 1. The average molecular weight is 416 g/mol. The first kappa shape index (κ1) is 18.4. The smallest absolute Gasteiger partial charge is 0.272 e. The molecule has 2 aliphatic rings. The lowest BCUT2D eigenvalue weighted by atomic mass is 10.1. The molecule has 1 atom stereocenters. The van der Waals surface area contributed by atoms with E-state index in [-0.39, 0.29) is 5.91 Å². The number of anilines is 1. The Balaban J connectivity index is 1.34. The summed E-state index contributed by atoms with van der Waals surface area (Å²) < 4.78 is 3.76. The van der Waals surface area contributed by atoms with E-state index in [1.54, 1.807) is 6.20 Å². The van der Waals surface area contributed by atoms with Crippen LogP contribution in [0.1, 0.15) is 43.1 Å². The van der Waals surface area contributed by atoms with Crippen molar-refractivity contribution in [3.8, 4) is 11.1 Å². The van der Waals surface area contributed by atoms with E-state index in [1.165, 1.54) is 12.8 Å². The highest BCUT2D eigenvalue weighted by Crippen LogP contribution is 2.33. The van der Waals surface area contributed by atoms with Gasteiger partial charge >= 0.3 is 0 Å². The zero-order valence-electron chi connectivity index (χ0n) is 17.5. The molecule has 158 valence electrons. The van der Waals surface area contributed by atoms with Gasteiger partial charge < -0.3 is 10.2 Å². The topological polar surface area (TPSA) is 79.8 Å². The number of aromatic nitrogens is 5. The van der Waals surface area contributed by atoms with Crippen molar-refractivity contribution in [1.29, 1.82) is 0 Å². The summed E-state index contributed by atoms with van der Waals surface area (Å²) in [5.41, 5.74) is 4.33. The summed E-state index contributed by atoms with van der Waals surface area (Å²) in [7, 11) is 0. The Hall–Kier alpha value is -3.42. The van der Waals surface area contributed by atoms with E-state index >= 15 is 0 Å². The molecule has 8 nitrogen and oxygen atoms in total. The van der Waals surface area contributed by atoms with Crippen molar-refractivity contribution in [1.82, 2.24) is 28.9 Å². The van der Waals surface area contributed by atoms with Crippen molar-refractivity contribution in [2.75, 3.05) is 18.4 Å². The first-order chi connectivity index (χ1) is 15.2. The number of imidazole rings is 1. The first-order valence-corrected chi connectivity index (χ1v) is 11.0. The molecule has 1 amide bonds. The molecule has 4 aromatic heterocycles. The number of likely N-dealkylation sites (tertiary alicyclic amines) is 1. The molecule has 4 aromatic rings. The van der Waals surface area contributed by atoms with Crippen LogP contribution in [0.5, 0.6) is 0 Å². The zero-order chi connectivity index (χ0) is 20.9. The number of hydrogen-bond acceptors (Lipinski definition) is 5. The van der Waals surface area contributed by atoms with E-state index in [1.807, 2.05) is 50.6 Å². The maximum Gasteiger partial charge on any atom is 0.272 e. The Labute approximate surface area is 179 Å². The number of nitrogens with zero attached hydrogens (tertiary/aromatic N) is 6. The predicted octanol–water partition coefficient (Wildman–Crippen LogP) is 3.49. The SMILES string of the molecule is C[C@H](Nc1ncc2c(-c3ccc4ncc(C(=O)N5CCCC5)n4c3)ccn2n1)C1CC1. The zero-order valence-corrected chi connectivity index (χ0v) is 17.5. The van der Waals surface area contributed by atoms with Gasteiger partial charge in [0, 0.05) is 42.7 Å². The lowest BCUT2D eigenvalue weighted by molar-refractivity contribution is 0.0786. The van der Waals surface area contributed by atoms with Gasteiger partial charge in [-0.1, -0.05) is 0 Å². The van der Waals surface area contributed by atoms with E-state index in [9.17, 15) is 4.79 Å². The highest BCUT2D eigenvalue weighted by Gasteiger charge is 2.28. The lowest BCUT2D eigenvalue weighted by Gasteiger charge is -2.14. The summed E-state index contributed by atoms with van der Waals surface area (Å²) in [6.45, 7) is 3.83.